The molecule has 0 atom stereocenters. The predicted molar refractivity (Wildman–Crippen MR) is 51.4 cm³/mol. The molecular formula is C9H6F3N3O3. The highest BCUT2D eigenvalue weighted by molar-refractivity contribution is 5.94. The summed E-state index contributed by atoms with van der Waals surface area (Å²) in [5, 5.41) is 8.59. The van der Waals surface area contributed by atoms with E-state index in [1.807, 2.05) is 0 Å². The second kappa shape index (κ2) is 4.79. The SMILES string of the molecule is COC(=O)c1nc(C#N)cc(OC(F)(F)F)c1N. The Kier molecular flexibility index (Phi) is 3.61. The van der Waals surface area contributed by atoms with Crippen LogP contribution in [0.1, 0.15) is 16.2 Å². The van der Waals surface area contributed by atoms with Crippen LogP contribution >= 0.6 is 0 Å². The van der Waals surface area contributed by atoms with Crippen LogP contribution in [-0.2, 0) is 4.74 Å². The van der Waals surface area contributed by atoms with Gasteiger partial charge >= 0.3 is 12.3 Å². The van der Waals surface area contributed by atoms with Gasteiger partial charge in [0.2, 0.25) is 0 Å². The molecule has 18 heavy (non-hydrogen) atoms. The predicted octanol–water partition coefficient (Wildman–Crippen LogP) is 1.22. The minimum atomic E-state index is -5.00. The maximum Gasteiger partial charge on any atom is 0.573 e. The van der Waals surface area contributed by atoms with Gasteiger partial charge < -0.3 is 15.2 Å². The summed E-state index contributed by atoms with van der Waals surface area (Å²) in [4.78, 5) is 14.7. The number of halogens is 3. The molecule has 0 unspecified atom stereocenters. The number of nitriles is 1. The molecule has 1 aromatic heterocycles. The summed E-state index contributed by atoms with van der Waals surface area (Å²) in [6.45, 7) is 0. The Labute approximate surface area is 98.7 Å². The molecular weight excluding hydrogens is 255 g/mol. The third-order valence-electron chi connectivity index (χ3n) is 1.74. The number of nitrogens with two attached hydrogens (primary N) is 1. The maximum absolute atomic E-state index is 12.1. The first-order valence-corrected chi connectivity index (χ1v) is 4.33. The number of nitrogens with zero attached hydrogens (tertiary/aromatic N) is 2. The zero-order valence-electron chi connectivity index (χ0n) is 8.91. The molecule has 9 heteroatoms. The van der Waals surface area contributed by atoms with Crippen molar-refractivity contribution < 1.29 is 27.4 Å². The average molecular weight is 261 g/mol. The third-order valence-corrected chi connectivity index (χ3v) is 1.74. The van der Waals surface area contributed by atoms with Gasteiger partial charge in [0.05, 0.1) is 7.11 Å². The molecule has 0 spiro atoms. The summed E-state index contributed by atoms with van der Waals surface area (Å²) in [6, 6.07) is 2.15. The van der Waals surface area contributed by atoms with Gasteiger partial charge in [0.15, 0.2) is 11.4 Å². The number of hydrogen-bond donors (Lipinski definition) is 1. The lowest BCUT2D eigenvalue weighted by atomic mass is 10.2. The highest BCUT2D eigenvalue weighted by Crippen LogP contribution is 2.30. The molecule has 0 saturated carbocycles. The van der Waals surface area contributed by atoms with Crippen molar-refractivity contribution in [3.05, 3.63) is 17.5 Å². The molecule has 1 aromatic rings. The lowest BCUT2D eigenvalue weighted by molar-refractivity contribution is -0.274. The molecule has 1 heterocycles. The van der Waals surface area contributed by atoms with Crippen LogP contribution in [0.5, 0.6) is 5.75 Å². The molecule has 0 radical (unpaired) electrons. The summed E-state index contributed by atoms with van der Waals surface area (Å²) in [5.74, 6) is -1.95. The third kappa shape index (κ3) is 3.00. The summed E-state index contributed by atoms with van der Waals surface area (Å²) in [5.41, 5.74) is 3.57. The molecule has 0 saturated heterocycles. The first-order chi connectivity index (χ1) is 8.28. The maximum atomic E-state index is 12.1. The Balaban J connectivity index is 3.35. The van der Waals surface area contributed by atoms with Crippen LogP contribution in [0.25, 0.3) is 0 Å². The molecule has 6 nitrogen and oxygen atoms in total. The van der Waals surface area contributed by atoms with Gasteiger partial charge in [-0.3, -0.25) is 0 Å². The summed E-state index contributed by atoms with van der Waals surface area (Å²) < 4.78 is 44.1. The largest absolute Gasteiger partial charge is 0.573 e. The Morgan fingerprint density at radius 1 is 1.56 bits per heavy atom. The standard InChI is InChI=1S/C9H6F3N3O3/c1-17-8(16)7-6(14)5(18-9(10,11)12)2-4(3-13)15-7/h2H,14H2,1H3. The second-order valence-electron chi connectivity index (χ2n) is 2.92. The van der Waals surface area contributed by atoms with Gasteiger partial charge in [-0.2, -0.15) is 5.26 Å². The molecule has 0 bridgehead atoms. The van der Waals surface area contributed by atoms with Gasteiger partial charge in [0.1, 0.15) is 17.5 Å². The van der Waals surface area contributed by atoms with Crippen LogP contribution in [0.15, 0.2) is 6.07 Å². The molecule has 0 fully saturated rings. The second-order valence-corrected chi connectivity index (χ2v) is 2.92. The van der Waals surface area contributed by atoms with Crippen molar-refractivity contribution in [2.45, 2.75) is 6.36 Å². The van der Waals surface area contributed by atoms with E-state index in [4.69, 9.17) is 11.0 Å². The van der Waals surface area contributed by atoms with E-state index in [0.29, 0.717) is 6.07 Å². The number of esters is 1. The van der Waals surface area contributed by atoms with Gasteiger partial charge in [-0.25, -0.2) is 9.78 Å². The number of alkyl halides is 3. The quantitative estimate of drug-likeness (QED) is 0.803. The van der Waals surface area contributed by atoms with Crippen molar-refractivity contribution in [2.75, 3.05) is 12.8 Å². The monoisotopic (exact) mass is 261 g/mol. The lowest BCUT2D eigenvalue weighted by Gasteiger charge is -2.12. The number of carbonyl (C=O) groups excluding carboxylic acids is 1. The van der Waals surface area contributed by atoms with Crippen molar-refractivity contribution >= 4 is 11.7 Å². The van der Waals surface area contributed by atoms with Crippen LogP contribution in [0.3, 0.4) is 0 Å². The van der Waals surface area contributed by atoms with E-state index in [0.717, 1.165) is 7.11 Å². The molecule has 1 rings (SSSR count). The lowest BCUT2D eigenvalue weighted by Crippen LogP contribution is -2.20. The number of pyridine rings is 1. The normalized spacial score (nSPS) is 10.6. The van der Waals surface area contributed by atoms with Crippen molar-refractivity contribution in [1.82, 2.24) is 4.98 Å². The number of rotatable bonds is 2. The van der Waals surface area contributed by atoms with E-state index in [2.05, 4.69) is 14.5 Å². The minimum Gasteiger partial charge on any atom is -0.464 e. The number of ether oxygens (including phenoxy) is 2. The topological polar surface area (TPSA) is 98.2 Å². The number of hydrogen-bond acceptors (Lipinski definition) is 6. The van der Waals surface area contributed by atoms with Crippen molar-refractivity contribution in [3.8, 4) is 11.8 Å². The number of aromatic nitrogens is 1. The van der Waals surface area contributed by atoms with Crippen LogP contribution in [0, 0.1) is 11.3 Å². The van der Waals surface area contributed by atoms with Crippen molar-refractivity contribution in [3.63, 3.8) is 0 Å². The Bertz CT molecular complexity index is 522. The summed E-state index contributed by atoms with van der Waals surface area (Å²) in [7, 11) is 0.993. The first kappa shape index (κ1) is 13.6. The number of anilines is 1. The Morgan fingerprint density at radius 2 is 2.17 bits per heavy atom. The van der Waals surface area contributed by atoms with E-state index >= 15 is 0 Å². The van der Waals surface area contributed by atoms with Gasteiger partial charge in [0, 0.05) is 6.07 Å². The number of methoxy groups -OCH3 is 1. The van der Waals surface area contributed by atoms with E-state index in [1.54, 1.807) is 0 Å². The van der Waals surface area contributed by atoms with Crippen LogP contribution in [0.2, 0.25) is 0 Å². The average Bonchev–Trinajstić information content (AvgIpc) is 2.29. The Hall–Kier alpha value is -2.50. The number of nitrogen functional groups attached to an aromatic ring is 1. The van der Waals surface area contributed by atoms with Gasteiger partial charge in [-0.15, -0.1) is 13.2 Å². The fraction of sp³-hybridized carbons (Fsp3) is 0.222. The van der Waals surface area contributed by atoms with Gasteiger partial charge in [-0.05, 0) is 0 Å². The molecule has 2 N–H and O–H groups in total. The van der Waals surface area contributed by atoms with E-state index in [-0.39, 0.29) is 0 Å². The Morgan fingerprint density at radius 3 is 2.61 bits per heavy atom. The molecule has 0 amide bonds. The zero-order valence-corrected chi connectivity index (χ0v) is 8.91. The van der Waals surface area contributed by atoms with Crippen LogP contribution in [0.4, 0.5) is 18.9 Å². The van der Waals surface area contributed by atoms with Crippen LogP contribution < -0.4 is 10.5 Å². The molecule has 0 aliphatic carbocycles. The zero-order chi connectivity index (χ0) is 13.9. The summed E-state index contributed by atoms with van der Waals surface area (Å²) in [6.07, 6.45) is -5.00. The fourth-order valence-electron chi connectivity index (χ4n) is 1.05. The number of carbonyl (C=O) groups is 1. The molecule has 0 aliphatic heterocycles. The van der Waals surface area contributed by atoms with Gasteiger partial charge in [0.25, 0.3) is 0 Å². The van der Waals surface area contributed by atoms with E-state index in [9.17, 15) is 18.0 Å². The van der Waals surface area contributed by atoms with Crippen molar-refractivity contribution in [1.29, 1.82) is 5.26 Å². The van der Waals surface area contributed by atoms with Crippen LogP contribution in [-0.4, -0.2) is 24.4 Å². The fourth-order valence-corrected chi connectivity index (χ4v) is 1.05. The smallest absolute Gasteiger partial charge is 0.464 e. The van der Waals surface area contributed by atoms with E-state index in [1.165, 1.54) is 6.07 Å². The van der Waals surface area contributed by atoms with Crippen molar-refractivity contribution in [2.24, 2.45) is 0 Å². The highest BCUT2D eigenvalue weighted by Gasteiger charge is 2.33. The molecule has 0 aromatic carbocycles. The van der Waals surface area contributed by atoms with Gasteiger partial charge in [-0.1, -0.05) is 0 Å². The highest BCUT2D eigenvalue weighted by atomic mass is 19.4. The summed E-state index contributed by atoms with van der Waals surface area (Å²) >= 11 is 0. The molecule has 96 valence electrons. The van der Waals surface area contributed by atoms with E-state index < -0.39 is 35.2 Å². The minimum absolute atomic E-state index is 0.455. The first-order valence-electron chi connectivity index (χ1n) is 4.33. The molecule has 0 aliphatic rings.